The van der Waals surface area contributed by atoms with Crippen LogP contribution in [-0.4, -0.2) is 24.3 Å². The molecule has 0 amide bonds. The molecule has 5 nitrogen and oxygen atoms in total. The van der Waals surface area contributed by atoms with Gasteiger partial charge in [-0.15, -0.1) is 10.2 Å². The molecule has 6 aromatic carbocycles. The summed E-state index contributed by atoms with van der Waals surface area (Å²) in [6, 6.07) is 61.0. The maximum Gasteiger partial charge on any atom is 0.187 e. The van der Waals surface area contributed by atoms with Crippen molar-refractivity contribution in [1.82, 2.24) is 24.3 Å². The van der Waals surface area contributed by atoms with Crippen LogP contribution in [-0.2, 0) is 0 Å². The third-order valence-electron chi connectivity index (χ3n) is 8.87. The summed E-state index contributed by atoms with van der Waals surface area (Å²) in [5, 5.41) is 12.0. The average Bonchev–Trinajstić information content (AvgIpc) is 3.76. The van der Waals surface area contributed by atoms with Crippen LogP contribution < -0.4 is 0 Å². The molecule has 0 radical (unpaired) electrons. The number of nitrogens with zero attached hydrogens (tertiary/aromatic N) is 5. The van der Waals surface area contributed by atoms with Gasteiger partial charge in [0.15, 0.2) is 11.6 Å². The van der Waals surface area contributed by atoms with Crippen LogP contribution in [0.15, 0.2) is 176 Å². The molecule has 0 unspecified atom stereocenters. The highest BCUT2D eigenvalue weighted by Crippen LogP contribution is 2.34. The standard InChI is InChI=1S/C43H29N5/c1-3-14-30(15-4-1)31-16-11-17-32(28-31)33-18-12-19-34(29-33)42-45-46-43(47(42)35-20-5-2-6-21-35)38-24-13-27-41(44-38)48-39-25-9-7-22-36(39)37-23-8-10-26-40(37)48/h1-29H. The van der Waals surface area contributed by atoms with E-state index < -0.39 is 0 Å². The van der Waals surface area contributed by atoms with Crippen molar-refractivity contribution in [2.45, 2.75) is 0 Å². The molecule has 226 valence electrons. The lowest BCUT2D eigenvalue weighted by molar-refractivity contribution is 1.03. The molecule has 0 saturated carbocycles. The van der Waals surface area contributed by atoms with Crippen LogP contribution in [0, 0.1) is 0 Å². The number of aromatic nitrogens is 5. The highest BCUT2D eigenvalue weighted by molar-refractivity contribution is 6.09. The monoisotopic (exact) mass is 615 g/mol. The summed E-state index contributed by atoms with van der Waals surface area (Å²) in [7, 11) is 0. The lowest BCUT2D eigenvalue weighted by atomic mass is 9.98. The molecular formula is C43H29N5. The van der Waals surface area contributed by atoms with Gasteiger partial charge < -0.3 is 0 Å². The predicted molar refractivity (Wildman–Crippen MR) is 195 cm³/mol. The second-order valence-electron chi connectivity index (χ2n) is 11.8. The Morgan fingerprint density at radius 2 is 0.854 bits per heavy atom. The largest absolute Gasteiger partial charge is 0.294 e. The third-order valence-corrected chi connectivity index (χ3v) is 8.87. The molecule has 3 aromatic heterocycles. The zero-order chi connectivity index (χ0) is 31.9. The molecule has 9 rings (SSSR count). The number of pyridine rings is 1. The van der Waals surface area contributed by atoms with E-state index in [1.165, 1.54) is 21.9 Å². The van der Waals surface area contributed by atoms with Gasteiger partial charge in [-0.3, -0.25) is 9.13 Å². The van der Waals surface area contributed by atoms with E-state index in [0.29, 0.717) is 5.82 Å². The van der Waals surface area contributed by atoms with Crippen LogP contribution in [0.5, 0.6) is 0 Å². The summed E-state index contributed by atoms with van der Waals surface area (Å²) in [6.07, 6.45) is 0. The smallest absolute Gasteiger partial charge is 0.187 e. The second kappa shape index (κ2) is 11.6. The first-order valence-electron chi connectivity index (χ1n) is 16.0. The Morgan fingerprint density at radius 1 is 0.354 bits per heavy atom. The van der Waals surface area contributed by atoms with Crippen LogP contribution in [0.2, 0.25) is 0 Å². The molecule has 48 heavy (non-hydrogen) atoms. The summed E-state index contributed by atoms with van der Waals surface area (Å²) in [6.45, 7) is 0. The summed E-state index contributed by atoms with van der Waals surface area (Å²) in [5.74, 6) is 2.26. The molecule has 0 spiro atoms. The second-order valence-corrected chi connectivity index (χ2v) is 11.8. The maximum atomic E-state index is 5.22. The Labute approximate surface area is 278 Å². The lowest BCUT2D eigenvalue weighted by Gasteiger charge is -2.13. The Hall–Kier alpha value is -6.59. The highest BCUT2D eigenvalue weighted by Gasteiger charge is 2.20. The topological polar surface area (TPSA) is 48.5 Å². The maximum absolute atomic E-state index is 5.22. The summed E-state index contributed by atoms with van der Waals surface area (Å²) in [4.78, 5) is 5.22. The van der Waals surface area contributed by atoms with Crippen molar-refractivity contribution in [3.63, 3.8) is 0 Å². The van der Waals surface area contributed by atoms with E-state index in [1.54, 1.807) is 0 Å². The van der Waals surface area contributed by atoms with Gasteiger partial charge in [0.2, 0.25) is 0 Å². The van der Waals surface area contributed by atoms with Crippen molar-refractivity contribution in [2.75, 3.05) is 0 Å². The van der Waals surface area contributed by atoms with Gasteiger partial charge in [0.05, 0.1) is 11.0 Å². The van der Waals surface area contributed by atoms with E-state index in [-0.39, 0.29) is 0 Å². The van der Waals surface area contributed by atoms with E-state index in [9.17, 15) is 0 Å². The molecule has 0 bridgehead atoms. The van der Waals surface area contributed by atoms with Gasteiger partial charge in [0, 0.05) is 22.0 Å². The summed E-state index contributed by atoms with van der Waals surface area (Å²) < 4.78 is 4.34. The number of hydrogen-bond donors (Lipinski definition) is 0. The van der Waals surface area contributed by atoms with Gasteiger partial charge in [-0.05, 0) is 70.8 Å². The quantitative estimate of drug-likeness (QED) is 0.187. The van der Waals surface area contributed by atoms with Gasteiger partial charge >= 0.3 is 0 Å². The fourth-order valence-corrected chi connectivity index (χ4v) is 6.65. The van der Waals surface area contributed by atoms with Crippen molar-refractivity contribution in [3.05, 3.63) is 176 Å². The minimum atomic E-state index is 0.676. The van der Waals surface area contributed by atoms with Crippen LogP contribution in [0.3, 0.4) is 0 Å². The van der Waals surface area contributed by atoms with Crippen molar-refractivity contribution in [2.24, 2.45) is 0 Å². The molecular weight excluding hydrogens is 587 g/mol. The van der Waals surface area contributed by atoms with Crippen molar-refractivity contribution >= 4 is 21.8 Å². The minimum Gasteiger partial charge on any atom is -0.294 e. The molecule has 0 aliphatic carbocycles. The van der Waals surface area contributed by atoms with E-state index in [0.717, 1.165) is 50.7 Å². The van der Waals surface area contributed by atoms with Gasteiger partial charge in [-0.2, -0.15) is 0 Å². The fraction of sp³-hybridized carbons (Fsp3) is 0. The third kappa shape index (κ3) is 4.77. The van der Waals surface area contributed by atoms with Crippen LogP contribution >= 0.6 is 0 Å². The van der Waals surface area contributed by atoms with Crippen LogP contribution in [0.25, 0.3) is 78.5 Å². The molecule has 9 aromatic rings. The van der Waals surface area contributed by atoms with Gasteiger partial charge in [0.1, 0.15) is 11.5 Å². The van der Waals surface area contributed by atoms with E-state index in [1.807, 2.05) is 36.4 Å². The predicted octanol–water partition coefficient (Wildman–Crippen LogP) is 10.4. The first-order valence-corrected chi connectivity index (χ1v) is 16.0. The summed E-state index contributed by atoms with van der Waals surface area (Å²) >= 11 is 0. The molecule has 5 heteroatoms. The molecule has 0 fully saturated rings. The first kappa shape index (κ1) is 27.7. The van der Waals surface area contributed by atoms with Crippen LogP contribution in [0.1, 0.15) is 0 Å². The Bertz CT molecular complexity index is 2510. The van der Waals surface area contributed by atoms with Crippen molar-refractivity contribution in [3.8, 4) is 56.7 Å². The van der Waals surface area contributed by atoms with Crippen LogP contribution in [0.4, 0.5) is 0 Å². The van der Waals surface area contributed by atoms with Gasteiger partial charge in [-0.25, -0.2) is 4.98 Å². The van der Waals surface area contributed by atoms with Crippen molar-refractivity contribution in [1.29, 1.82) is 0 Å². The molecule has 0 aliphatic heterocycles. The van der Waals surface area contributed by atoms with Crippen molar-refractivity contribution < 1.29 is 0 Å². The van der Waals surface area contributed by atoms with Gasteiger partial charge in [0.25, 0.3) is 0 Å². The lowest BCUT2D eigenvalue weighted by Crippen LogP contribution is -2.03. The summed E-state index contributed by atoms with van der Waals surface area (Å²) in [5.41, 5.74) is 9.53. The molecule has 0 aliphatic rings. The Kier molecular flexibility index (Phi) is 6.72. The fourth-order valence-electron chi connectivity index (χ4n) is 6.65. The molecule has 0 atom stereocenters. The first-order chi connectivity index (χ1) is 23.8. The SMILES string of the molecule is c1ccc(-c2cccc(-c3cccc(-c4nnc(-c5cccc(-n6c7ccccc7c7ccccc76)n5)n4-c4ccccc4)c3)c2)cc1. The highest BCUT2D eigenvalue weighted by atomic mass is 15.3. The molecule has 0 saturated heterocycles. The number of fused-ring (bicyclic) bond motifs is 3. The Balaban J connectivity index is 1.18. The number of benzene rings is 6. The molecule has 3 heterocycles. The normalized spacial score (nSPS) is 11.3. The minimum absolute atomic E-state index is 0.676. The van der Waals surface area contributed by atoms with E-state index in [2.05, 4.69) is 149 Å². The number of hydrogen-bond acceptors (Lipinski definition) is 3. The zero-order valence-electron chi connectivity index (χ0n) is 26.0. The average molecular weight is 616 g/mol. The molecule has 0 N–H and O–H groups in total. The number of para-hydroxylation sites is 3. The zero-order valence-corrected chi connectivity index (χ0v) is 26.0. The van der Waals surface area contributed by atoms with E-state index in [4.69, 9.17) is 15.2 Å². The van der Waals surface area contributed by atoms with Gasteiger partial charge in [-0.1, -0.05) is 127 Å². The van der Waals surface area contributed by atoms with E-state index >= 15 is 0 Å². The number of rotatable bonds is 6. The Morgan fingerprint density at radius 3 is 1.54 bits per heavy atom.